The van der Waals surface area contributed by atoms with Crippen LogP contribution in [0.3, 0.4) is 0 Å². The molecule has 1 fully saturated rings. The summed E-state index contributed by atoms with van der Waals surface area (Å²) in [5.41, 5.74) is 2.83. The van der Waals surface area contributed by atoms with Crippen LogP contribution in [0.25, 0.3) is 17.4 Å². The van der Waals surface area contributed by atoms with Gasteiger partial charge in [0, 0.05) is 6.20 Å². The number of benzene rings is 1. The van der Waals surface area contributed by atoms with Gasteiger partial charge in [-0.3, -0.25) is 19.5 Å². The monoisotopic (exact) mass is 393 g/mol. The minimum absolute atomic E-state index is 0.105. The van der Waals surface area contributed by atoms with Crippen LogP contribution in [0, 0.1) is 5.92 Å². The van der Waals surface area contributed by atoms with Gasteiger partial charge in [0.25, 0.3) is 0 Å². The first kappa shape index (κ1) is 18.6. The Balaban J connectivity index is 1.63. The number of ether oxygens (including phenoxy) is 2. The molecule has 0 spiro atoms. The fraction of sp³-hybridized carbons (Fsp3) is 0.250. The summed E-state index contributed by atoms with van der Waals surface area (Å²) in [6.07, 6.45) is 4.52. The Bertz CT molecular complexity index is 1080. The molecule has 1 aliphatic rings. The number of imidazole rings is 1. The van der Waals surface area contributed by atoms with Gasteiger partial charge < -0.3 is 9.47 Å². The fourth-order valence-corrected chi connectivity index (χ4v) is 2.90. The zero-order valence-electron chi connectivity index (χ0n) is 15.7. The standard InChI is InChI=1S/C20H19N5O4/c1-2-28-19(27)15-8-14(15)9-25-11-21-16-17(25)23-20(22-12-26)24-18(16)29-10-13-6-4-3-5-7-13/h3-7,9,11-12,15H,2,8,10H2,1H3,(H,22,23,24,26). The molecule has 2 heterocycles. The number of fused-ring (bicyclic) bond motifs is 1. The summed E-state index contributed by atoms with van der Waals surface area (Å²) >= 11 is 0. The largest absolute Gasteiger partial charge is 0.471 e. The quantitative estimate of drug-likeness (QED) is 0.462. The van der Waals surface area contributed by atoms with Crippen LogP contribution in [-0.4, -0.2) is 38.5 Å². The van der Waals surface area contributed by atoms with Gasteiger partial charge in [-0.2, -0.15) is 9.97 Å². The maximum atomic E-state index is 11.8. The zero-order chi connectivity index (χ0) is 20.2. The van der Waals surface area contributed by atoms with Gasteiger partial charge in [0.2, 0.25) is 18.2 Å². The molecule has 2 aromatic heterocycles. The molecule has 1 aliphatic carbocycles. The molecule has 1 N–H and O–H groups in total. The maximum Gasteiger partial charge on any atom is 0.313 e. The van der Waals surface area contributed by atoms with E-state index in [1.807, 2.05) is 30.3 Å². The normalized spacial score (nSPS) is 16.6. The van der Waals surface area contributed by atoms with Crippen molar-refractivity contribution in [2.45, 2.75) is 20.0 Å². The van der Waals surface area contributed by atoms with E-state index in [1.165, 1.54) is 0 Å². The lowest BCUT2D eigenvalue weighted by Gasteiger charge is -2.07. The Morgan fingerprint density at radius 3 is 2.90 bits per heavy atom. The lowest BCUT2D eigenvalue weighted by molar-refractivity contribution is -0.144. The third kappa shape index (κ3) is 4.08. The van der Waals surface area contributed by atoms with Gasteiger partial charge in [0.05, 0.1) is 12.5 Å². The molecule has 9 heteroatoms. The zero-order valence-corrected chi connectivity index (χ0v) is 15.7. The van der Waals surface area contributed by atoms with E-state index in [9.17, 15) is 9.59 Å². The first-order chi connectivity index (χ1) is 14.2. The van der Waals surface area contributed by atoms with Gasteiger partial charge in [-0.15, -0.1) is 0 Å². The number of nitrogens with one attached hydrogen (secondary N) is 1. The third-order valence-electron chi connectivity index (χ3n) is 4.40. The van der Waals surface area contributed by atoms with Gasteiger partial charge in [0.1, 0.15) is 12.9 Å². The van der Waals surface area contributed by atoms with Crippen LogP contribution in [0.2, 0.25) is 0 Å². The van der Waals surface area contributed by atoms with Crippen molar-refractivity contribution in [1.29, 1.82) is 0 Å². The minimum atomic E-state index is -0.229. The number of hydrogen-bond donors (Lipinski definition) is 1. The SMILES string of the molecule is CCOC(=O)C1CC1=Cn1cnc2c(OCc3ccccc3)nc(NC=O)nc21. The second-order valence-corrected chi connectivity index (χ2v) is 6.43. The van der Waals surface area contributed by atoms with Crippen molar-refractivity contribution >= 4 is 35.7 Å². The number of carbonyl (C=O) groups excluding carboxylic acids is 2. The molecule has 29 heavy (non-hydrogen) atoms. The van der Waals surface area contributed by atoms with Gasteiger partial charge in [0.15, 0.2) is 11.2 Å². The van der Waals surface area contributed by atoms with Crippen molar-refractivity contribution in [2.75, 3.05) is 11.9 Å². The number of anilines is 1. The van der Waals surface area contributed by atoms with E-state index in [4.69, 9.17) is 9.47 Å². The smallest absolute Gasteiger partial charge is 0.313 e. The number of carbonyl (C=O) groups is 2. The summed E-state index contributed by atoms with van der Waals surface area (Å²) in [6.45, 7) is 2.43. The molecule has 1 aromatic carbocycles. The molecular weight excluding hydrogens is 374 g/mol. The van der Waals surface area contributed by atoms with E-state index in [0.717, 1.165) is 11.1 Å². The van der Waals surface area contributed by atoms with Crippen LogP contribution in [0.1, 0.15) is 18.9 Å². The highest BCUT2D eigenvalue weighted by atomic mass is 16.5. The number of esters is 1. The minimum Gasteiger partial charge on any atom is -0.471 e. The topological polar surface area (TPSA) is 108 Å². The number of amides is 1. The molecule has 4 rings (SSSR count). The lowest BCUT2D eigenvalue weighted by atomic mass is 10.2. The van der Waals surface area contributed by atoms with E-state index < -0.39 is 0 Å². The average molecular weight is 393 g/mol. The number of hydrogen-bond acceptors (Lipinski definition) is 7. The van der Waals surface area contributed by atoms with E-state index in [2.05, 4.69) is 20.3 Å². The Morgan fingerprint density at radius 2 is 2.14 bits per heavy atom. The van der Waals surface area contributed by atoms with E-state index in [1.54, 1.807) is 24.0 Å². The first-order valence-electron chi connectivity index (χ1n) is 9.18. The number of aromatic nitrogens is 4. The Hall–Kier alpha value is -3.75. The highest BCUT2D eigenvalue weighted by Crippen LogP contribution is 2.39. The van der Waals surface area contributed by atoms with Crippen molar-refractivity contribution in [2.24, 2.45) is 5.92 Å². The molecule has 0 radical (unpaired) electrons. The Kier molecular flexibility index (Phi) is 5.19. The molecule has 0 bridgehead atoms. The van der Waals surface area contributed by atoms with Gasteiger partial charge in [-0.25, -0.2) is 4.98 Å². The van der Waals surface area contributed by atoms with E-state index in [0.29, 0.717) is 37.2 Å². The second kappa shape index (κ2) is 8.09. The van der Waals surface area contributed by atoms with Crippen LogP contribution in [0.4, 0.5) is 5.95 Å². The summed E-state index contributed by atoms with van der Waals surface area (Å²) in [5.74, 6) is -0.0878. The van der Waals surface area contributed by atoms with Gasteiger partial charge in [-0.05, 0) is 24.5 Å². The highest BCUT2D eigenvalue weighted by Gasteiger charge is 2.38. The molecule has 1 saturated carbocycles. The first-order valence-corrected chi connectivity index (χ1v) is 9.18. The lowest BCUT2D eigenvalue weighted by Crippen LogP contribution is -2.06. The van der Waals surface area contributed by atoms with E-state index >= 15 is 0 Å². The Labute approximate surface area is 166 Å². The summed E-state index contributed by atoms with van der Waals surface area (Å²) in [5, 5.41) is 2.45. The second-order valence-electron chi connectivity index (χ2n) is 6.43. The van der Waals surface area contributed by atoms with Crippen molar-refractivity contribution < 1.29 is 19.1 Å². The number of nitrogens with zero attached hydrogens (tertiary/aromatic N) is 4. The van der Waals surface area contributed by atoms with Crippen molar-refractivity contribution in [3.05, 3.63) is 47.8 Å². The summed E-state index contributed by atoms with van der Waals surface area (Å²) in [7, 11) is 0. The summed E-state index contributed by atoms with van der Waals surface area (Å²) in [4.78, 5) is 35.6. The van der Waals surface area contributed by atoms with Crippen LogP contribution in [0.15, 0.2) is 42.2 Å². The molecular formula is C20H19N5O4. The molecule has 0 aliphatic heterocycles. The fourth-order valence-electron chi connectivity index (χ4n) is 2.90. The summed E-state index contributed by atoms with van der Waals surface area (Å²) < 4.78 is 12.6. The van der Waals surface area contributed by atoms with Crippen LogP contribution in [-0.2, 0) is 20.9 Å². The average Bonchev–Trinajstić information content (AvgIpc) is 3.39. The van der Waals surface area contributed by atoms with Crippen molar-refractivity contribution in [1.82, 2.24) is 19.5 Å². The molecule has 1 unspecified atom stereocenters. The molecule has 9 nitrogen and oxygen atoms in total. The van der Waals surface area contributed by atoms with Crippen LogP contribution < -0.4 is 10.1 Å². The third-order valence-corrected chi connectivity index (χ3v) is 4.40. The number of rotatable bonds is 8. The highest BCUT2D eigenvalue weighted by molar-refractivity contribution is 5.85. The van der Waals surface area contributed by atoms with Crippen LogP contribution in [0.5, 0.6) is 5.88 Å². The van der Waals surface area contributed by atoms with Gasteiger partial charge >= 0.3 is 5.97 Å². The van der Waals surface area contributed by atoms with Crippen molar-refractivity contribution in [3.63, 3.8) is 0 Å². The van der Waals surface area contributed by atoms with Crippen molar-refractivity contribution in [3.8, 4) is 5.88 Å². The molecule has 1 atom stereocenters. The molecule has 3 aromatic rings. The molecule has 148 valence electrons. The van der Waals surface area contributed by atoms with Crippen LogP contribution >= 0.6 is 0 Å². The predicted octanol–water partition coefficient (Wildman–Crippen LogP) is 2.40. The maximum absolute atomic E-state index is 11.8. The Morgan fingerprint density at radius 1 is 1.31 bits per heavy atom. The molecule has 0 saturated heterocycles. The van der Waals surface area contributed by atoms with Gasteiger partial charge in [-0.1, -0.05) is 30.3 Å². The molecule has 1 amide bonds. The summed E-state index contributed by atoms with van der Waals surface area (Å²) in [6, 6.07) is 9.65. The van der Waals surface area contributed by atoms with E-state index in [-0.39, 0.29) is 23.7 Å². The predicted molar refractivity (Wildman–Crippen MR) is 105 cm³/mol.